The van der Waals surface area contributed by atoms with E-state index in [-0.39, 0.29) is 5.41 Å². The molecule has 0 radical (unpaired) electrons. The fourth-order valence-electron chi connectivity index (χ4n) is 2.57. The molecule has 0 N–H and O–H groups in total. The molecule has 88 valence electrons. The van der Waals surface area contributed by atoms with Gasteiger partial charge in [0.1, 0.15) is 0 Å². The highest BCUT2D eigenvalue weighted by Crippen LogP contribution is 2.42. The van der Waals surface area contributed by atoms with Crippen molar-refractivity contribution < 1.29 is 8.78 Å². The molecule has 0 heterocycles. The van der Waals surface area contributed by atoms with Crippen molar-refractivity contribution in [1.29, 1.82) is 0 Å². The molecule has 0 saturated heterocycles. The third-order valence-electron chi connectivity index (χ3n) is 3.54. The Labute approximate surface area is 99.6 Å². The van der Waals surface area contributed by atoms with Crippen LogP contribution in [0.2, 0.25) is 0 Å². The second kappa shape index (κ2) is 4.70. The second-order valence-electron chi connectivity index (χ2n) is 4.73. The summed E-state index contributed by atoms with van der Waals surface area (Å²) in [5.41, 5.74) is 0.443. The summed E-state index contributed by atoms with van der Waals surface area (Å²) in [7, 11) is 0. The maximum atomic E-state index is 13.5. The van der Waals surface area contributed by atoms with Gasteiger partial charge >= 0.3 is 0 Å². The first kappa shape index (κ1) is 11.8. The topological polar surface area (TPSA) is 0 Å². The van der Waals surface area contributed by atoms with Crippen LogP contribution in [0.5, 0.6) is 0 Å². The summed E-state index contributed by atoms with van der Waals surface area (Å²) < 4.78 is 26.6. The van der Waals surface area contributed by atoms with Crippen LogP contribution in [0.25, 0.3) is 0 Å². The number of hydrogen-bond acceptors (Lipinski definition) is 0. The van der Waals surface area contributed by atoms with Crippen LogP contribution in [0, 0.1) is 17.0 Å². The zero-order valence-electron chi connectivity index (χ0n) is 9.11. The molecule has 3 heteroatoms. The van der Waals surface area contributed by atoms with Crippen LogP contribution in [0.15, 0.2) is 18.2 Å². The lowest BCUT2D eigenvalue weighted by molar-refractivity contribution is 0.333. The fourth-order valence-corrected chi connectivity index (χ4v) is 2.93. The number of alkyl halides is 1. The molecule has 0 atom stereocenters. The molecule has 0 aromatic heterocycles. The zero-order valence-corrected chi connectivity index (χ0v) is 9.86. The third kappa shape index (κ3) is 2.22. The normalized spacial score (nSPS) is 18.9. The average molecular weight is 245 g/mol. The molecule has 0 bridgehead atoms. The molecule has 0 aliphatic heterocycles. The van der Waals surface area contributed by atoms with Gasteiger partial charge in [-0.2, -0.15) is 0 Å². The van der Waals surface area contributed by atoms with E-state index in [1.54, 1.807) is 12.1 Å². The predicted octanol–water partition coefficient (Wildman–Crippen LogP) is 4.31. The lowest BCUT2D eigenvalue weighted by Gasteiger charge is -2.26. The van der Waals surface area contributed by atoms with Crippen LogP contribution in [-0.4, -0.2) is 5.88 Å². The largest absolute Gasteiger partial charge is 0.204 e. The summed E-state index contributed by atoms with van der Waals surface area (Å²) in [5.74, 6) is -0.942. The van der Waals surface area contributed by atoms with E-state index in [1.807, 2.05) is 0 Å². The molecule has 1 aromatic carbocycles. The standard InChI is InChI=1S/C13H15ClF2/c14-9-13(6-1-2-7-13)8-10-4-3-5-11(15)12(10)16/h3-5H,1-2,6-9H2. The first-order chi connectivity index (χ1) is 7.67. The molecule has 1 fully saturated rings. The lowest BCUT2D eigenvalue weighted by Crippen LogP contribution is -2.22. The van der Waals surface area contributed by atoms with Gasteiger partial charge in [0.05, 0.1) is 0 Å². The average Bonchev–Trinajstić information content (AvgIpc) is 2.74. The Balaban J connectivity index is 2.22. The Morgan fingerprint density at radius 2 is 1.88 bits per heavy atom. The molecule has 1 aliphatic rings. The summed E-state index contributed by atoms with van der Waals surface area (Å²) in [5, 5.41) is 0. The Morgan fingerprint density at radius 1 is 1.19 bits per heavy atom. The first-order valence-corrected chi connectivity index (χ1v) is 6.19. The van der Waals surface area contributed by atoms with Crippen molar-refractivity contribution in [2.45, 2.75) is 32.1 Å². The molecule has 1 aromatic rings. The molecule has 1 aliphatic carbocycles. The third-order valence-corrected chi connectivity index (χ3v) is 4.11. The van der Waals surface area contributed by atoms with Crippen molar-refractivity contribution in [2.24, 2.45) is 5.41 Å². The van der Waals surface area contributed by atoms with Crippen LogP contribution in [0.3, 0.4) is 0 Å². The van der Waals surface area contributed by atoms with Gasteiger partial charge in [-0.05, 0) is 36.3 Å². The van der Waals surface area contributed by atoms with Crippen molar-refractivity contribution in [3.05, 3.63) is 35.4 Å². The van der Waals surface area contributed by atoms with Crippen LogP contribution in [-0.2, 0) is 6.42 Å². The van der Waals surface area contributed by atoms with Gasteiger partial charge in [0, 0.05) is 5.88 Å². The van der Waals surface area contributed by atoms with Crippen molar-refractivity contribution in [2.75, 3.05) is 5.88 Å². The van der Waals surface area contributed by atoms with Gasteiger partial charge in [-0.1, -0.05) is 25.0 Å². The van der Waals surface area contributed by atoms with E-state index >= 15 is 0 Å². The highest BCUT2D eigenvalue weighted by atomic mass is 35.5. The SMILES string of the molecule is Fc1cccc(CC2(CCl)CCCC2)c1F. The van der Waals surface area contributed by atoms with Gasteiger partial charge in [0.15, 0.2) is 11.6 Å². The van der Waals surface area contributed by atoms with Gasteiger partial charge in [0.2, 0.25) is 0 Å². The van der Waals surface area contributed by atoms with E-state index in [4.69, 9.17) is 11.6 Å². The van der Waals surface area contributed by atoms with E-state index in [0.29, 0.717) is 17.9 Å². The Kier molecular flexibility index (Phi) is 3.48. The van der Waals surface area contributed by atoms with Gasteiger partial charge in [-0.3, -0.25) is 0 Å². The predicted molar refractivity (Wildman–Crippen MR) is 61.7 cm³/mol. The highest BCUT2D eigenvalue weighted by Gasteiger charge is 2.34. The molecule has 0 spiro atoms. The minimum atomic E-state index is -0.764. The van der Waals surface area contributed by atoms with E-state index in [2.05, 4.69) is 0 Å². The quantitative estimate of drug-likeness (QED) is 0.696. The number of benzene rings is 1. The molecule has 2 rings (SSSR count). The molecule has 0 nitrogen and oxygen atoms in total. The lowest BCUT2D eigenvalue weighted by atomic mass is 9.82. The maximum absolute atomic E-state index is 13.5. The summed E-state index contributed by atoms with van der Waals surface area (Å²) >= 11 is 5.99. The number of halogens is 3. The van der Waals surface area contributed by atoms with Crippen molar-refractivity contribution in [1.82, 2.24) is 0 Å². The highest BCUT2D eigenvalue weighted by molar-refractivity contribution is 6.18. The minimum absolute atomic E-state index is 0.0177. The van der Waals surface area contributed by atoms with Crippen molar-refractivity contribution in [3.8, 4) is 0 Å². The van der Waals surface area contributed by atoms with Gasteiger partial charge in [0.25, 0.3) is 0 Å². The smallest absolute Gasteiger partial charge is 0.162 e. The second-order valence-corrected chi connectivity index (χ2v) is 5.00. The Morgan fingerprint density at radius 3 is 2.50 bits per heavy atom. The summed E-state index contributed by atoms with van der Waals surface area (Å²) in [4.78, 5) is 0. The maximum Gasteiger partial charge on any atom is 0.162 e. The molecular weight excluding hydrogens is 230 g/mol. The van der Waals surface area contributed by atoms with Crippen LogP contribution in [0.1, 0.15) is 31.2 Å². The van der Waals surface area contributed by atoms with E-state index in [9.17, 15) is 8.78 Å². The molecule has 16 heavy (non-hydrogen) atoms. The van der Waals surface area contributed by atoms with Gasteiger partial charge in [-0.15, -0.1) is 11.6 Å². The summed E-state index contributed by atoms with van der Waals surface area (Å²) in [6, 6.07) is 4.37. The van der Waals surface area contributed by atoms with Crippen LogP contribution in [0.4, 0.5) is 8.78 Å². The Bertz CT molecular complexity index is 370. The van der Waals surface area contributed by atoms with E-state index in [1.165, 1.54) is 0 Å². The number of rotatable bonds is 3. The Hall–Kier alpha value is -0.630. The van der Waals surface area contributed by atoms with Gasteiger partial charge < -0.3 is 0 Å². The minimum Gasteiger partial charge on any atom is -0.204 e. The fraction of sp³-hybridized carbons (Fsp3) is 0.538. The van der Waals surface area contributed by atoms with Crippen LogP contribution >= 0.6 is 11.6 Å². The van der Waals surface area contributed by atoms with Crippen molar-refractivity contribution >= 4 is 11.6 Å². The number of hydrogen-bond donors (Lipinski definition) is 0. The summed E-state index contributed by atoms with van der Waals surface area (Å²) in [6.45, 7) is 0. The molecule has 1 saturated carbocycles. The molecular formula is C13H15ClF2. The zero-order chi connectivity index (χ0) is 11.6. The van der Waals surface area contributed by atoms with E-state index in [0.717, 1.165) is 31.7 Å². The monoisotopic (exact) mass is 244 g/mol. The van der Waals surface area contributed by atoms with Gasteiger partial charge in [-0.25, -0.2) is 8.78 Å². The first-order valence-electron chi connectivity index (χ1n) is 5.66. The van der Waals surface area contributed by atoms with Crippen molar-refractivity contribution in [3.63, 3.8) is 0 Å². The molecule has 0 amide bonds. The van der Waals surface area contributed by atoms with E-state index < -0.39 is 11.6 Å². The summed E-state index contributed by atoms with van der Waals surface area (Å²) in [6.07, 6.45) is 4.88. The molecule has 0 unspecified atom stereocenters. The van der Waals surface area contributed by atoms with Crippen LogP contribution < -0.4 is 0 Å².